The molecule has 0 N–H and O–H groups in total. The summed E-state index contributed by atoms with van der Waals surface area (Å²) in [4.78, 5) is 0. The van der Waals surface area contributed by atoms with Gasteiger partial charge in [0.05, 0.1) is 0 Å². The van der Waals surface area contributed by atoms with Crippen LogP contribution in [0.2, 0.25) is 127 Å². The Balaban J connectivity index is 0.000000273. The lowest BCUT2D eigenvalue weighted by molar-refractivity contribution is 0.166. The van der Waals surface area contributed by atoms with Crippen molar-refractivity contribution in [1.82, 2.24) is 0 Å². The molecule has 0 spiro atoms. The van der Waals surface area contributed by atoms with E-state index in [1.165, 1.54) is 128 Å². The zero-order valence-electron chi connectivity index (χ0n) is 54.1. The van der Waals surface area contributed by atoms with Gasteiger partial charge in [-0.2, -0.15) is 0 Å². The zero-order valence-corrected chi connectivity index (χ0v) is 66.1. The van der Waals surface area contributed by atoms with E-state index in [1.807, 2.05) is 53.9 Å². The molecule has 4 aliphatic carbocycles. The largest absolute Gasteiger partial charge is 0.416 e. The second kappa shape index (κ2) is 29.4. The van der Waals surface area contributed by atoms with Crippen LogP contribution in [0.15, 0.2) is 49.1 Å². The summed E-state index contributed by atoms with van der Waals surface area (Å²) < 4.78 is 87.0. The molecule has 2 aliphatic heterocycles. The molecule has 460 valence electrons. The molecule has 0 aromatic carbocycles. The fourth-order valence-electron chi connectivity index (χ4n) is 13.9. The highest BCUT2D eigenvalue weighted by Gasteiger charge is 2.64. The van der Waals surface area contributed by atoms with Gasteiger partial charge in [0.1, 0.15) is 0 Å². The second-order valence-electron chi connectivity index (χ2n) is 27.3. The maximum atomic E-state index is 7.74. The van der Waals surface area contributed by atoms with Crippen molar-refractivity contribution in [2.24, 2.45) is 0 Å². The summed E-state index contributed by atoms with van der Waals surface area (Å²) >= 11 is 0. The van der Waals surface area contributed by atoms with Gasteiger partial charge in [-0.15, -0.1) is 26.3 Å². The maximum Gasteiger partial charge on any atom is 0.344 e. The molecule has 13 nitrogen and oxygen atoms in total. The van der Waals surface area contributed by atoms with Gasteiger partial charge < -0.3 is 54.1 Å². The Morgan fingerprint density at radius 1 is 0.316 bits per heavy atom. The molecule has 6 fully saturated rings. The molecular formula is C54H118O13Si12. The highest BCUT2D eigenvalue weighted by molar-refractivity contribution is 6.99. The van der Waals surface area contributed by atoms with Gasteiger partial charge in [0.2, 0.25) is 0 Å². The van der Waals surface area contributed by atoms with Crippen molar-refractivity contribution in [1.29, 1.82) is 0 Å². The van der Waals surface area contributed by atoms with Crippen LogP contribution in [-0.4, -0.2) is 115 Å². The summed E-state index contributed by atoms with van der Waals surface area (Å²) in [5, 5.41) is 0. The summed E-state index contributed by atoms with van der Waals surface area (Å²) in [5.74, 6) is 0. The first-order valence-corrected chi connectivity index (χ1v) is 61.3. The molecular weight excluding hydrogens is 1190 g/mol. The first-order valence-electron chi connectivity index (χ1n) is 30.9. The molecule has 4 saturated carbocycles. The Morgan fingerprint density at radius 2 is 0.494 bits per heavy atom. The summed E-state index contributed by atoms with van der Waals surface area (Å²) in [6.45, 7) is 57.8. The van der Waals surface area contributed by atoms with Crippen molar-refractivity contribution in [3.8, 4) is 0 Å². The second-order valence-corrected chi connectivity index (χ2v) is 69.1. The van der Waals surface area contributed by atoms with E-state index < -0.39 is 103 Å². The van der Waals surface area contributed by atoms with Crippen LogP contribution in [0.4, 0.5) is 0 Å². The maximum absolute atomic E-state index is 7.74. The minimum absolute atomic E-state index is 0.161. The van der Waals surface area contributed by atoms with E-state index in [0.717, 1.165) is 0 Å². The van der Waals surface area contributed by atoms with E-state index in [0.29, 0.717) is 22.2 Å². The molecule has 0 bridgehead atoms. The van der Waals surface area contributed by atoms with Crippen LogP contribution in [0.1, 0.15) is 156 Å². The fourth-order valence-corrected chi connectivity index (χ4v) is 75.8. The molecule has 0 radical (unpaired) electrons. The van der Waals surface area contributed by atoms with E-state index >= 15 is 0 Å². The van der Waals surface area contributed by atoms with Crippen molar-refractivity contribution >= 4 is 103 Å². The summed E-state index contributed by atoms with van der Waals surface area (Å²) in [7, 11) is -29.4. The van der Waals surface area contributed by atoms with Crippen LogP contribution in [0, 0.1) is 0 Å². The SMILES string of the molecule is C=C[Si]1(C)O[Si](C)(C=C)O[Si](C)(C=C)O[Si](C)(C=C)O1.CC(C)O[Si](C)(C)O[Si](C)(C)O[Si](C)(C)O[Si](C)(C)OC(C)C.C[Si]1(C2CCCCC2)O[Si](C)(C2CCCCC2)O[Si](C)(C2CCCCC2)O[Si](C)(C2CCCCC2)O1. The van der Waals surface area contributed by atoms with Gasteiger partial charge in [0, 0.05) is 34.4 Å². The van der Waals surface area contributed by atoms with Crippen LogP contribution >= 0.6 is 0 Å². The first-order chi connectivity index (χ1) is 36.3. The van der Waals surface area contributed by atoms with Crippen LogP contribution in [0.5, 0.6) is 0 Å². The molecule has 6 rings (SSSR count). The van der Waals surface area contributed by atoms with E-state index in [1.54, 1.807) is 22.8 Å². The quantitative estimate of drug-likeness (QED) is 0.121. The molecule has 0 amide bonds. The van der Waals surface area contributed by atoms with Gasteiger partial charge in [0.15, 0.2) is 0 Å². The number of hydrogen-bond acceptors (Lipinski definition) is 13. The van der Waals surface area contributed by atoms with Crippen molar-refractivity contribution in [2.75, 3.05) is 0 Å². The van der Waals surface area contributed by atoms with Crippen molar-refractivity contribution in [3.05, 3.63) is 49.1 Å². The Kier molecular flexibility index (Phi) is 27.0. The van der Waals surface area contributed by atoms with Crippen molar-refractivity contribution in [3.63, 3.8) is 0 Å². The van der Waals surface area contributed by atoms with E-state index in [-0.39, 0.29) is 12.2 Å². The summed E-state index contributed by atoms with van der Waals surface area (Å²) in [6.07, 6.45) is 27.0. The van der Waals surface area contributed by atoms with Crippen molar-refractivity contribution < 1.29 is 54.1 Å². The van der Waals surface area contributed by atoms with Crippen LogP contribution in [0.3, 0.4) is 0 Å². The Morgan fingerprint density at radius 3 is 0.658 bits per heavy atom. The topological polar surface area (TPSA) is 120 Å². The molecule has 0 aromatic heterocycles. The summed E-state index contributed by atoms with van der Waals surface area (Å²) in [5.41, 5.74) is 9.47. The minimum atomic E-state index is -2.60. The zero-order chi connectivity index (χ0) is 59.6. The Hall–Kier alpha value is 1.04. The van der Waals surface area contributed by atoms with Gasteiger partial charge >= 0.3 is 103 Å². The predicted molar refractivity (Wildman–Crippen MR) is 355 cm³/mol. The first kappa shape index (κ1) is 72.5. The molecule has 0 aromatic rings. The standard InChI is InChI=1S/C28H56O4Si4.C14H38O5Si4.C12H24O4Si4/c1-33(25-17-9-5-10-18-25)29-34(2,26-19-11-6-12-20-26)31-36(4,28-23-15-8-16-24-28)32-35(3,30-33)27-21-13-7-14-22-27;1-13(2)15-20(5,6)17-22(9,10)19-23(11,12)18-21(7,8)16-14(3)4;1-9-17(5)13-18(6,10-2)15-20(8,12-4)16-19(7,11-3)14-17/h25-28H,5-24H2,1-4H3;13-14H,1-12H3;9-12H,1-4H2,5-8H3. The third-order valence-corrected chi connectivity index (χ3v) is 67.7. The number of hydrogen-bond donors (Lipinski definition) is 0. The van der Waals surface area contributed by atoms with Gasteiger partial charge in [-0.1, -0.05) is 99.8 Å². The van der Waals surface area contributed by atoms with Gasteiger partial charge in [-0.25, -0.2) is 0 Å². The minimum Gasteiger partial charge on any atom is -0.416 e. The smallest absolute Gasteiger partial charge is 0.344 e. The normalized spacial score (nSPS) is 35.8. The predicted octanol–water partition coefficient (Wildman–Crippen LogP) is 17.6. The highest BCUT2D eigenvalue weighted by Crippen LogP contribution is 2.54. The number of rotatable bonds is 18. The Bertz CT molecular complexity index is 1690. The lowest BCUT2D eigenvalue weighted by Gasteiger charge is -2.57. The summed E-state index contributed by atoms with van der Waals surface area (Å²) in [6, 6.07) is 0. The van der Waals surface area contributed by atoms with Gasteiger partial charge in [0.25, 0.3) is 0 Å². The molecule has 2 saturated heterocycles. The third-order valence-electron chi connectivity index (χ3n) is 16.6. The molecule has 6 aliphatic rings. The van der Waals surface area contributed by atoms with E-state index in [9.17, 15) is 0 Å². The monoisotopic (exact) mass is 1310 g/mol. The highest BCUT2D eigenvalue weighted by atomic mass is 28.5. The van der Waals surface area contributed by atoms with Crippen molar-refractivity contribution in [2.45, 2.75) is 295 Å². The molecule has 0 atom stereocenters. The molecule has 79 heavy (non-hydrogen) atoms. The van der Waals surface area contributed by atoms with Crippen LogP contribution in [0.25, 0.3) is 0 Å². The van der Waals surface area contributed by atoms with Gasteiger partial charge in [-0.05, 0) is 184 Å². The van der Waals surface area contributed by atoms with Crippen LogP contribution in [-0.2, 0) is 54.1 Å². The van der Waals surface area contributed by atoms with E-state index in [4.69, 9.17) is 54.1 Å². The molecule has 0 unspecified atom stereocenters. The van der Waals surface area contributed by atoms with Gasteiger partial charge in [-0.3, -0.25) is 0 Å². The lowest BCUT2D eigenvalue weighted by Crippen LogP contribution is -2.71. The third kappa shape index (κ3) is 22.3. The fraction of sp³-hybridized carbons (Fsp3) is 0.852. The van der Waals surface area contributed by atoms with Crippen LogP contribution < -0.4 is 0 Å². The molecule has 25 heteroatoms. The molecule has 2 heterocycles. The van der Waals surface area contributed by atoms with E-state index in [2.05, 4.69) is 105 Å². The average Bonchev–Trinajstić information content (AvgIpc) is 3.34. The lowest BCUT2D eigenvalue weighted by atomic mass is 10.0. The Labute approximate surface area is 497 Å². The average molecular weight is 1310 g/mol.